The largest absolute Gasteiger partial charge is 0.496 e. The van der Waals surface area contributed by atoms with E-state index in [4.69, 9.17) is 9.47 Å². The maximum Gasteiger partial charge on any atom is 0.303 e. The Morgan fingerprint density at radius 3 is 2.66 bits per heavy atom. The molecule has 1 aromatic heterocycles. The number of aromatic amines is 1. The number of H-pyrrole nitrogens is 1. The van der Waals surface area contributed by atoms with Gasteiger partial charge >= 0.3 is 5.97 Å². The minimum Gasteiger partial charge on any atom is -0.496 e. The highest BCUT2D eigenvalue weighted by Crippen LogP contribution is 2.67. The van der Waals surface area contributed by atoms with Gasteiger partial charge in [0.25, 0.3) is 5.91 Å². The van der Waals surface area contributed by atoms with Crippen LogP contribution in [0.3, 0.4) is 0 Å². The SMILES string of the molecule is CCSCCNC(=O)C1(O)C(O)C2(CC)C=CCN3CCC4(c5cc(C6(OC(C)=O)CC7C=C(CC)CN(CCc8c6[nH]c6ccccc86)C7)c(OC)cc5N(C)C14)C32. The van der Waals surface area contributed by atoms with E-state index in [1.807, 2.05) is 24.1 Å². The molecule has 12 heteroatoms. The van der Waals surface area contributed by atoms with Crippen molar-refractivity contribution in [2.75, 3.05) is 69.8 Å². The zero-order chi connectivity index (χ0) is 41.5. The first kappa shape index (κ1) is 40.6. The number of esters is 1. The monoisotopic (exact) mass is 823 g/mol. The summed E-state index contributed by atoms with van der Waals surface area (Å²) in [6.07, 6.45) is 8.65. The summed E-state index contributed by atoms with van der Waals surface area (Å²) in [5.41, 5.74) is 1.80. The Kier molecular flexibility index (Phi) is 10.3. The Bertz CT molecular complexity index is 2220. The summed E-state index contributed by atoms with van der Waals surface area (Å²) in [5, 5.41) is 30.2. The number of aliphatic hydroxyl groups is 2. The van der Waals surface area contributed by atoms with E-state index in [0.29, 0.717) is 43.9 Å². The molecule has 1 saturated heterocycles. The van der Waals surface area contributed by atoms with Gasteiger partial charge in [0.2, 0.25) is 0 Å². The van der Waals surface area contributed by atoms with Crippen LogP contribution in [-0.4, -0.2) is 126 Å². The number of carbonyl (C=O) groups excluding carboxylic acids is 2. The highest BCUT2D eigenvalue weighted by atomic mass is 32.2. The quantitative estimate of drug-likeness (QED) is 0.122. The Morgan fingerprint density at radius 1 is 1.10 bits per heavy atom. The topological polar surface area (TPSA) is 131 Å². The van der Waals surface area contributed by atoms with Gasteiger partial charge < -0.3 is 34.9 Å². The molecular formula is C47H61N5O6S. The van der Waals surface area contributed by atoms with Gasteiger partial charge in [-0.2, -0.15) is 11.8 Å². The Hall–Kier alpha value is -3.81. The van der Waals surface area contributed by atoms with Crippen LogP contribution in [0.1, 0.15) is 75.8 Å². The molecule has 1 saturated carbocycles. The summed E-state index contributed by atoms with van der Waals surface area (Å²) < 4.78 is 13.4. The van der Waals surface area contributed by atoms with Crippen molar-refractivity contribution in [3.8, 4) is 5.75 Å². The number of nitrogens with zero attached hydrogens (tertiary/aromatic N) is 3. The Balaban J connectivity index is 1.32. The van der Waals surface area contributed by atoms with E-state index in [0.717, 1.165) is 83.7 Å². The molecule has 9 atom stereocenters. The molecule has 9 unspecified atom stereocenters. The number of hydrogen-bond donors (Lipinski definition) is 4. The van der Waals surface area contributed by atoms with Gasteiger partial charge in [-0.3, -0.25) is 19.4 Å². The molecule has 59 heavy (non-hydrogen) atoms. The van der Waals surface area contributed by atoms with E-state index < -0.39 is 40.1 Å². The number of ether oxygens (including phenoxy) is 2. The third kappa shape index (κ3) is 5.75. The van der Waals surface area contributed by atoms with Crippen molar-refractivity contribution < 1.29 is 29.3 Å². The number of hydrogen-bond acceptors (Lipinski definition) is 10. The number of anilines is 1. The van der Waals surface area contributed by atoms with E-state index in [2.05, 4.69) is 83.4 Å². The maximum atomic E-state index is 14.7. The summed E-state index contributed by atoms with van der Waals surface area (Å²) in [6.45, 7) is 12.3. The van der Waals surface area contributed by atoms with Gasteiger partial charge in [0.1, 0.15) is 11.9 Å². The normalized spacial score (nSPS) is 34.5. The highest BCUT2D eigenvalue weighted by molar-refractivity contribution is 7.99. The van der Waals surface area contributed by atoms with E-state index in [1.54, 1.807) is 18.9 Å². The van der Waals surface area contributed by atoms with E-state index in [-0.39, 0.29) is 17.9 Å². The molecule has 6 aliphatic rings. The summed E-state index contributed by atoms with van der Waals surface area (Å²) >= 11 is 1.72. The molecule has 4 N–H and O–H groups in total. The van der Waals surface area contributed by atoms with E-state index in [9.17, 15) is 19.8 Å². The number of aromatic nitrogens is 1. The lowest BCUT2D eigenvalue weighted by Crippen LogP contribution is -2.81. The van der Waals surface area contributed by atoms with Crippen molar-refractivity contribution in [2.45, 2.75) is 94.6 Å². The molecule has 5 aliphatic heterocycles. The fraction of sp³-hybridized carbons (Fsp3) is 0.574. The van der Waals surface area contributed by atoms with Gasteiger partial charge in [0, 0.05) is 104 Å². The van der Waals surface area contributed by atoms with Gasteiger partial charge in [-0.25, -0.2) is 0 Å². The summed E-state index contributed by atoms with van der Waals surface area (Å²) in [6, 6.07) is 11.6. The second kappa shape index (κ2) is 15.0. The van der Waals surface area contributed by atoms with Gasteiger partial charge in [-0.05, 0) is 67.2 Å². The van der Waals surface area contributed by atoms with Crippen LogP contribution in [0.4, 0.5) is 5.69 Å². The molecule has 2 bridgehead atoms. The van der Waals surface area contributed by atoms with Crippen LogP contribution in [0, 0.1) is 11.3 Å². The summed E-state index contributed by atoms with van der Waals surface area (Å²) in [5.74, 6) is 1.33. The van der Waals surface area contributed by atoms with Crippen LogP contribution in [0.25, 0.3) is 10.9 Å². The number of fused-ring (bicyclic) bond motifs is 6. The highest BCUT2D eigenvalue weighted by Gasteiger charge is 2.78. The first-order valence-electron chi connectivity index (χ1n) is 21.8. The lowest BCUT2D eigenvalue weighted by Gasteiger charge is -2.63. The van der Waals surface area contributed by atoms with Crippen molar-refractivity contribution in [2.24, 2.45) is 11.3 Å². The van der Waals surface area contributed by atoms with Crippen molar-refractivity contribution >= 4 is 40.2 Å². The predicted octanol–water partition coefficient (Wildman–Crippen LogP) is 5.27. The number of benzene rings is 2. The zero-order valence-electron chi connectivity index (χ0n) is 35.5. The standard InChI is InChI=1S/C47H61N5O6S/c1-7-30-23-31-26-46(58-29(4)53,39-33(15-20-51(27-30)28-31)32-13-10-11-14-36(32)49-39)35-24-34-37(25-38(35)57-6)50(5)41-45(34)17-21-52-19-12-16-44(8-2,40(45)52)42(54)47(41,56)43(55)48-18-22-59-9-3/h10-14,16,23-25,31,40-42,49,54,56H,7-9,15,17-22,26-28H2,1-6H3,(H,48,55). The van der Waals surface area contributed by atoms with Gasteiger partial charge in [0.15, 0.2) is 11.2 Å². The molecule has 2 aromatic carbocycles. The molecule has 3 aromatic rings. The van der Waals surface area contributed by atoms with Crippen molar-refractivity contribution in [3.05, 3.63) is 82.6 Å². The predicted molar refractivity (Wildman–Crippen MR) is 233 cm³/mol. The second-order valence-corrected chi connectivity index (χ2v) is 19.3. The van der Waals surface area contributed by atoms with Crippen LogP contribution in [0.5, 0.6) is 5.75 Å². The first-order chi connectivity index (χ1) is 28.4. The molecule has 1 aliphatic carbocycles. The van der Waals surface area contributed by atoms with Gasteiger partial charge in [-0.15, -0.1) is 0 Å². The third-order valence-corrected chi connectivity index (χ3v) is 16.0. The molecule has 11 nitrogen and oxygen atoms in total. The van der Waals surface area contributed by atoms with Crippen molar-refractivity contribution in [1.82, 2.24) is 20.1 Å². The number of likely N-dealkylation sites (N-methyl/N-ethyl adjacent to an activating group) is 1. The minimum absolute atomic E-state index is 0.0737. The average molecular weight is 824 g/mol. The number of aliphatic hydroxyl groups excluding tert-OH is 1. The number of thioether (sulfide) groups is 1. The van der Waals surface area contributed by atoms with Crippen LogP contribution in [-0.2, 0) is 31.8 Å². The average Bonchev–Trinajstić information content (AvgIpc) is 3.90. The van der Waals surface area contributed by atoms with Crippen LogP contribution in [0.15, 0.2) is 60.2 Å². The van der Waals surface area contributed by atoms with E-state index >= 15 is 0 Å². The van der Waals surface area contributed by atoms with Gasteiger partial charge in [0.05, 0.1) is 18.8 Å². The molecule has 6 heterocycles. The lowest BCUT2D eigenvalue weighted by molar-refractivity contribution is -0.203. The number of nitrogens with one attached hydrogen (secondary N) is 2. The maximum absolute atomic E-state index is 14.7. The molecule has 316 valence electrons. The Labute approximate surface area is 352 Å². The molecular weight excluding hydrogens is 763 g/mol. The molecule has 9 rings (SSSR count). The van der Waals surface area contributed by atoms with Crippen molar-refractivity contribution in [1.29, 1.82) is 0 Å². The third-order valence-electron chi connectivity index (χ3n) is 15.1. The molecule has 0 radical (unpaired) electrons. The number of amides is 1. The fourth-order valence-electron chi connectivity index (χ4n) is 12.9. The molecule has 1 amide bonds. The number of carbonyl (C=O) groups is 2. The Morgan fingerprint density at radius 2 is 1.92 bits per heavy atom. The van der Waals surface area contributed by atoms with Crippen LogP contribution in [0.2, 0.25) is 0 Å². The van der Waals surface area contributed by atoms with Crippen LogP contribution < -0.4 is 15.0 Å². The molecule has 1 spiro atoms. The van der Waals surface area contributed by atoms with Crippen molar-refractivity contribution in [3.63, 3.8) is 0 Å². The summed E-state index contributed by atoms with van der Waals surface area (Å²) in [7, 11) is 3.61. The zero-order valence-corrected chi connectivity index (χ0v) is 36.3. The lowest BCUT2D eigenvalue weighted by atomic mass is 9.47. The number of rotatable bonds is 10. The second-order valence-electron chi connectivity index (χ2n) is 17.9. The van der Waals surface area contributed by atoms with E-state index in [1.165, 1.54) is 12.5 Å². The fourth-order valence-corrected chi connectivity index (χ4v) is 13.5. The minimum atomic E-state index is -2.16. The summed E-state index contributed by atoms with van der Waals surface area (Å²) in [4.78, 5) is 39.4. The first-order valence-corrected chi connectivity index (χ1v) is 22.9. The van der Waals surface area contributed by atoms with Gasteiger partial charge in [-0.1, -0.05) is 62.8 Å². The van der Waals surface area contributed by atoms with Crippen LogP contribution >= 0.6 is 11.8 Å². The number of methoxy groups -OCH3 is 1. The molecule has 2 fully saturated rings. The smallest absolute Gasteiger partial charge is 0.303 e. The number of para-hydroxylation sites is 1.